The summed E-state index contributed by atoms with van der Waals surface area (Å²) in [4.78, 5) is 5.86. The Morgan fingerprint density at radius 3 is 3.13 bits per heavy atom. The van der Waals surface area contributed by atoms with Gasteiger partial charge in [0.25, 0.3) is 0 Å². The molecule has 1 aliphatic heterocycles. The Hall–Kier alpha value is -0.450. The summed E-state index contributed by atoms with van der Waals surface area (Å²) in [5, 5.41) is 8.04. The standard InChI is InChI=1S/C11H19N3S/c1-8(12-2)10-7-14-11(15-10)9-5-3-4-6-13-9/h7-9,12-13H,3-6H2,1-2H3. The summed E-state index contributed by atoms with van der Waals surface area (Å²) in [7, 11) is 1.99. The summed E-state index contributed by atoms with van der Waals surface area (Å²) in [5.41, 5.74) is 0. The lowest BCUT2D eigenvalue weighted by Crippen LogP contribution is -2.26. The lowest BCUT2D eigenvalue weighted by Gasteiger charge is -2.21. The van der Waals surface area contributed by atoms with E-state index in [9.17, 15) is 0 Å². The van der Waals surface area contributed by atoms with Gasteiger partial charge in [0.2, 0.25) is 0 Å². The van der Waals surface area contributed by atoms with E-state index in [0.717, 1.165) is 6.54 Å². The summed E-state index contributed by atoms with van der Waals surface area (Å²) < 4.78 is 0. The van der Waals surface area contributed by atoms with Gasteiger partial charge < -0.3 is 10.6 Å². The molecule has 0 bridgehead atoms. The molecule has 2 unspecified atom stereocenters. The molecule has 1 saturated heterocycles. The number of rotatable bonds is 3. The van der Waals surface area contributed by atoms with Crippen molar-refractivity contribution in [1.82, 2.24) is 15.6 Å². The Balaban J connectivity index is 2.05. The van der Waals surface area contributed by atoms with Gasteiger partial charge in [0, 0.05) is 17.1 Å². The molecule has 0 aliphatic carbocycles. The molecule has 2 rings (SSSR count). The number of piperidine rings is 1. The Morgan fingerprint density at radius 1 is 1.60 bits per heavy atom. The van der Waals surface area contributed by atoms with E-state index in [0.29, 0.717) is 12.1 Å². The second kappa shape index (κ2) is 5.05. The van der Waals surface area contributed by atoms with Crippen LogP contribution in [0, 0.1) is 0 Å². The topological polar surface area (TPSA) is 37.0 Å². The van der Waals surface area contributed by atoms with Gasteiger partial charge >= 0.3 is 0 Å². The first-order valence-electron chi connectivity index (χ1n) is 5.67. The van der Waals surface area contributed by atoms with Crippen molar-refractivity contribution < 1.29 is 0 Å². The molecule has 0 amide bonds. The number of nitrogens with one attached hydrogen (secondary N) is 2. The highest BCUT2D eigenvalue weighted by Gasteiger charge is 2.18. The number of thiazole rings is 1. The fourth-order valence-electron chi connectivity index (χ4n) is 1.87. The lowest BCUT2D eigenvalue weighted by molar-refractivity contribution is 0.411. The molecule has 1 aliphatic rings. The fourth-order valence-corrected chi connectivity index (χ4v) is 2.96. The fraction of sp³-hybridized carbons (Fsp3) is 0.727. The van der Waals surface area contributed by atoms with Crippen molar-refractivity contribution in [3.05, 3.63) is 16.1 Å². The van der Waals surface area contributed by atoms with Gasteiger partial charge in [0.05, 0.1) is 6.04 Å². The van der Waals surface area contributed by atoms with E-state index < -0.39 is 0 Å². The molecule has 15 heavy (non-hydrogen) atoms. The zero-order valence-corrected chi connectivity index (χ0v) is 10.2. The average molecular weight is 225 g/mol. The van der Waals surface area contributed by atoms with Crippen LogP contribution in [0.15, 0.2) is 6.20 Å². The van der Waals surface area contributed by atoms with Gasteiger partial charge in [-0.2, -0.15) is 0 Å². The number of aromatic nitrogens is 1. The van der Waals surface area contributed by atoms with Crippen LogP contribution in [0.3, 0.4) is 0 Å². The van der Waals surface area contributed by atoms with Crippen molar-refractivity contribution in [3.63, 3.8) is 0 Å². The summed E-state index contributed by atoms with van der Waals surface area (Å²) >= 11 is 1.84. The first kappa shape index (κ1) is 11.0. The molecule has 2 heterocycles. The first-order chi connectivity index (χ1) is 7.31. The van der Waals surface area contributed by atoms with Gasteiger partial charge in [-0.05, 0) is 33.4 Å². The van der Waals surface area contributed by atoms with Crippen LogP contribution in [-0.4, -0.2) is 18.6 Å². The van der Waals surface area contributed by atoms with Crippen molar-refractivity contribution in [1.29, 1.82) is 0 Å². The quantitative estimate of drug-likeness (QED) is 0.828. The van der Waals surface area contributed by atoms with E-state index >= 15 is 0 Å². The molecule has 4 heteroatoms. The second-order valence-corrected chi connectivity index (χ2v) is 5.21. The molecular formula is C11H19N3S. The van der Waals surface area contributed by atoms with E-state index in [2.05, 4.69) is 22.5 Å². The van der Waals surface area contributed by atoms with Crippen molar-refractivity contribution in [2.24, 2.45) is 0 Å². The Bertz CT molecular complexity index is 305. The van der Waals surface area contributed by atoms with Crippen molar-refractivity contribution in [3.8, 4) is 0 Å². The van der Waals surface area contributed by atoms with E-state index in [-0.39, 0.29) is 0 Å². The van der Waals surface area contributed by atoms with Gasteiger partial charge in [-0.25, -0.2) is 4.98 Å². The van der Waals surface area contributed by atoms with Crippen LogP contribution in [0.4, 0.5) is 0 Å². The summed E-state index contributed by atoms with van der Waals surface area (Å²) in [6, 6.07) is 0.918. The molecule has 1 aromatic rings. The predicted octanol–water partition coefficient (Wildman–Crippen LogP) is 2.24. The van der Waals surface area contributed by atoms with Gasteiger partial charge in [0.1, 0.15) is 5.01 Å². The maximum absolute atomic E-state index is 4.52. The Labute approximate surface area is 95.3 Å². The van der Waals surface area contributed by atoms with Gasteiger partial charge in [-0.3, -0.25) is 0 Å². The minimum atomic E-state index is 0.417. The van der Waals surface area contributed by atoms with Gasteiger partial charge in [-0.15, -0.1) is 11.3 Å². The van der Waals surface area contributed by atoms with Crippen molar-refractivity contribution in [2.45, 2.75) is 38.3 Å². The molecule has 0 radical (unpaired) electrons. The molecule has 2 atom stereocenters. The maximum atomic E-state index is 4.52. The van der Waals surface area contributed by atoms with E-state index in [1.54, 1.807) is 0 Å². The molecule has 0 saturated carbocycles. The molecular weight excluding hydrogens is 206 g/mol. The number of hydrogen-bond donors (Lipinski definition) is 2. The third kappa shape index (κ3) is 2.56. The van der Waals surface area contributed by atoms with Crippen LogP contribution < -0.4 is 10.6 Å². The molecule has 1 aromatic heterocycles. The Kier molecular flexibility index (Phi) is 3.72. The van der Waals surface area contributed by atoms with Crippen LogP contribution >= 0.6 is 11.3 Å². The normalized spacial score (nSPS) is 24.0. The number of hydrogen-bond acceptors (Lipinski definition) is 4. The third-order valence-electron chi connectivity index (χ3n) is 3.01. The highest BCUT2D eigenvalue weighted by Crippen LogP contribution is 2.29. The molecule has 84 valence electrons. The van der Waals surface area contributed by atoms with Crippen LogP contribution in [-0.2, 0) is 0 Å². The van der Waals surface area contributed by atoms with Crippen LogP contribution in [0.1, 0.15) is 48.2 Å². The van der Waals surface area contributed by atoms with Gasteiger partial charge in [-0.1, -0.05) is 6.42 Å². The minimum absolute atomic E-state index is 0.417. The van der Waals surface area contributed by atoms with Crippen LogP contribution in [0.5, 0.6) is 0 Å². The zero-order chi connectivity index (χ0) is 10.7. The van der Waals surface area contributed by atoms with Crippen LogP contribution in [0.2, 0.25) is 0 Å². The van der Waals surface area contributed by atoms with Crippen molar-refractivity contribution in [2.75, 3.05) is 13.6 Å². The summed E-state index contributed by atoms with van der Waals surface area (Å²) in [6.07, 6.45) is 5.88. The second-order valence-electron chi connectivity index (χ2n) is 4.11. The molecule has 1 fully saturated rings. The monoisotopic (exact) mass is 225 g/mol. The first-order valence-corrected chi connectivity index (χ1v) is 6.49. The van der Waals surface area contributed by atoms with E-state index in [1.165, 1.54) is 29.1 Å². The Morgan fingerprint density at radius 2 is 2.47 bits per heavy atom. The minimum Gasteiger partial charge on any atom is -0.312 e. The smallest absolute Gasteiger partial charge is 0.110 e. The van der Waals surface area contributed by atoms with Crippen molar-refractivity contribution >= 4 is 11.3 Å². The summed E-state index contributed by atoms with van der Waals surface area (Å²) in [6.45, 7) is 3.31. The number of nitrogens with zero attached hydrogens (tertiary/aromatic N) is 1. The molecule has 0 spiro atoms. The predicted molar refractivity (Wildman–Crippen MR) is 64.2 cm³/mol. The highest BCUT2D eigenvalue weighted by molar-refractivity contribution is 7.11. The van der Waals surface area contributed by atoms with Gasteiger partial charge in [0.15, 0.2) is 0 Å². The molecule has 2 N–H and O–H groups in total. The third-order valence-corrected chi connectivity index (χ3v) is 4.30. The molecule has 3 nitrogen and oxygen atoms in total. The SMILES string of the molecule is CNC(C)c1cnc(C2CCCCN2)s1. The van der Waals surface area contributed by atoms with Crippen LogP contribution in [0.25, 0.3) is 0 Å². The lowest BCUT2D eigenvalue weighted by atomic mass is 10.1. The van der Waals surface area contributed by atoms with E-state index in [1.807, 2.05) is 24.6 Å². The highest BCUT2D eigenvalue weighted by atomic mass is 32.1. The van der Waals surface area contributed by atoms with E-state index in [4.69, 9.17) is 0 Å². The largest absolute Gasteiger partial charge is 0.312 e. The average Bonchev–Trinajstić information content (AvgIpc) is 2.78. The summed E-state index contributed by atoms with van der Waals surface area (Å²) in [5.74, 6) is 0. The zero-order valence-electron chi connectivity index (χ0n) is 9.42. The molecule has 0 aromatic carbocycles. The maximum Gasteiger partial charge on any atom is 0.110 e.